The zero-order valence-electron chi connectivity index (χ0n) is 10.3. The molecule has 0 aliphatic heterocycles. The van der Waals surface area contributed by atoms with Crippen molar-refractivity contribution in [3.63, 3.8) is 0 Å². The van der Waals surface area contributed by atoms with E-state index >= 15 is 0 Å². The molecule has 96 valence electrons. The second kappa shape index (κ2) is 4.91. The molecule has 0 fully saturated rings. The Bertz CT molecular complexity index is 678. The lowest BCUT2D eigenvalue weighted by molar-refractivity contribution is 0.368. The number of rotatable bonds is 3. The summed E-state index contributed by atoms with van der Waals surface area (Å²) >= 11 is 1.56. The van der Waals surface area contributed by atoms with Crippen LogP contribution in [0.2, 0.25) is 0 Å². The lowest BCUT2D eigenvalue weighted by Crippen LogP contribution is -2.10. The van der Waals surface area contributed by atoms with Crippen molar-refractivity contribution in [2.45, 2.75) is 13.0 Å². The molecule has 3 aromatic heterocycles. The molecule has 3 heterocycles. The van der Waals surface area contributed by atoms with Crippen molar-refractivity contribution in [3.8, 4) is 11.5 Å². The van der Waals surface area contributed by atoms with Gasteiger partial charge in [-0.25, -0.2) is 0 Å². The van der Waals surface area contributed by atoms with Gasteiger partial charge in [0.15, 0.2) is 0 Å². The van der Waals surface area contributed by atoms with Crippen LogP contribution in [0.1, 0.15) is 22.4 Å². The summed E-state index contributed by atoms with van der Waals surface area (Å²) in [4.78, 5) is 9.53. The lowest BCUT2D eigenvalue weighted by Gasteiger charge is -2.01. The van der Waals surface area contributed by atoms with E-state index in [-0.39, 0.29) is 6.04 Å². The number of thiophene rings is 1. The SMILES string of the molecule is Cc1ccnc(-c2noc(C(N)c3cccs3)n2)c1. The molecule has 0 spiro atoms. The first kappa shape index (κ1) is 12.0. The standard InChI is InChI=1S/C13H12N4OS/c1-8-4-5-15-9(7-8)12-16-13(18-17-12)11(14)10-3-2-6-19-10/h2-7,11H,14H2,1H3. The number of hydrogen-bond donors (Lipinski definition) is 1. The van der Waals surface area contributed by atoms with Gasteiger partial charge in [0.05, 0.1) is 0 Å². The highest BCUT2D eigenvalue weighted by molar-refractivity contribution is 7.10. The molecule has 0 amide bonds. The van der Waals surface area contributed by atoms with Gasteiger partial charge in [-0.3, -0.25) is 4.98 Å². The molecule has 5 nitrogen and oxygen atoms in total. The Labute approximate surface area is 114 Å². The molecule has 0 saturated heterocycles. The maximum absolute atomic E-state index is 6.08. The van der Waals surface area contributed by atoms with Crippen molar-refractivity contribution in [1.82, 2.24) is 15.1 Å². The van der Waals surface area contributed by atoms with Crippen LogP contribution in [-0.2, 0) is 0 Å². The normalized spacial score (nSPS) is 12.5. The van der Waals surface area contributed by atoms with Crippen LogP contribution >= 0.6 is 11.3 Å². The molecular formula is C13H12N4OS. The van der Waals surface area contributed by atoms with Gasteiger partial charge in [0.1, 0.15) is 11.7 Å². The fourth-order valence-electron chi connectivity index (χ4n) is 1.71. The Morgan fingerprint density at radius 3 is 3.00 bits per heavy atom. The van der Waals surface area contributed by atoms with E-state index in [4.69, 9.17) is 10.3 Å². The van der Waals surface area contributed by atoms with E-state index < -0.39 is 0 Å². The Hall–Kier alpha value is -2.05. The fraction of sp³-hybridized carbons (Fsp3) is 0.154. The van der Waals surface area contributed by atoms with Gasteiger partial charge in [-0.05, 0) is 36.1 Å². The van der Waals surface area contributed by atoms with Crippen molar-refractivity contribution in [3.05, 3.63) is 52.2 Å². The van der Waals surface area contributed by atoms with Crippen LogP contribution in [0.3, 0.4) is 0 Å². The molecule has 0 aromatic carbocycles. The molecule has 3 aromatic rings. The van der Waals surface area contributed by atoms with Gasteiger partial charge >= 0.3 is 0 Å². The first-order valence-electron chi connectivity index (χ1n) is 5.79. The molecular weight excluding hydrogens is 260 g/mol. The van der Waals surface area contributed by atoms with Crippen LogP contribution in [0.25, 0.3) is 11.5 Å². The highest BCUT2D eigenvalue weighted by atomic mass is 32.1. The maximum atomic E-state index is 6.08. The van der Waals surface area contributed by atoms with E-state index in [1.165, 1.54) is 0 Å². The Morgan fingerprint density at radius 2 is 2.26 bits per heavy atom. The largest absolute Gasteiger partial charge is 0.337 e. The lowest BCUT2D eigenvalue weighted by atomic mass is 10.2. The van der Waals surface area contributed by atoms with Crippen molar-refractivity contribution in [1.29, 1.82) is 0 Å². The van der Waals surface area contributed by atoms with Crippen LogP contribution in [0, 0.1) is 6.92 Å². The summed E-state index contributed by atoms with van der Waals surface area (Å²) < 4.78 is 5.23. The third-order valence-corrected chi connectivity index (χ3v) is 3.66. The summed E-state index contributed by atoms with van der Waals surface area (Å²) in [6.07, 6.45) is 1.72. The number of aromatic nitrogens is 3. The molecule has 1 atom stereocenters. The van der Waals surface area contributed by atoms with Gasteiger partial charge in [-0.2, -0.15) is 4.98 Å². The molecule has 0 bridgehead atoms. The first-order valence-corrected chi connectivity index (χ1v) is 6.67. The second-order valence-electron chi connectivity index (χ2n) is 4.17. The predicted octanol–water partition coefficient (Wildman–Crippen LogP) is 2.55. The molecule has 6 heteroatoms. The third kappa shape index (κ3) is 2.40. The van der Waals surface area contributed by atoms with Crippen LogP contribution in [0.4, 0.5) is 0 Å². The molecule has 0 radical (unpaired) electrons. The van der Waals surface area contributed by atoms with Gasteiger partial charge in [-0.1, -0.05) is 11.2 Å². The van der Waals surface area contributed by atoms with Crippen LogP contribution in [0.15, 0.2) is 40.4 Å². The van der Waals surface area contributed by atoms with E-state index in [9.17, 15) is 0 Å². The van der Waals surface area contributed by atoms with Gasteiger partial charge in [0.2, 0.25) is 11.7 Å². The van der Waals surface area contributed by atoms with E-state index in [0.29, 0.717) is 17.4 Å². The predicted molar refractivity (Wildman–Crippen MR) is 72.6 cm³/mol. The quantitative estimate of drug-likeness (QED) is 0.792. The average molecular weight is 272 g/mol. The van der Waals surface area contributed by atoms with Crippen molar-refractivity contribution >= 4 is 11.3 Å². The van der Waals surface area contributed by atoms with Crippen molar-refractivity contribution in [2.75, 3.05) is 0 Å². The third-order valence-electron chi connectivity index (χ3n) is 2.70. The molecule has 0 aliphatic carbocycles. The van der Waals surface area contributed by atoms with E-state index in [1.807, 2.05) is 36.6 Å². The molecule has 19 heavy (non-hydrogen) atoms. The summed E-state index contributed by atoms with van der Waals surface area (Å²) in [5.41, 5.74) is 7.86. The minimum atomic E-state index is -0.383. The minimum Gasteiger partial charge on any atom is -0.337 e. The maximum Gasteiger partial charge on any atom is 0.249 e. The van der Waals surface area contributed by atoms with E-state index in [2.05, 4.69) is 15.1 Å². The minimum absolute atomic E-state index is 0.383. The summed E-state index contributed by atoms with van der Waals surface area (Å²) in [6, 6.07) is 7.34. The number of hydrogen-bond acceptors (Lipinski definition) is 6. The summed E-state index contributed by atoms with van der Waals surface area (Å²) in [5, 5.41) is 5.90. The number of pyridine rings is 1. The van der Waals surface area contributed by atoms with Gasteiger partial charge < -0.3 is 10.3 Å². The summed E-state index contributed by atoms with van der Waals surface area (Å²) in [7, 11) is 0. The summed E-state index contributed by atoms with van der Waals surface area (Å²) in [5.74, 6) is 0.867. The molecule has 3 rings (SSSR count). The highest BCUT2D eigenvalue weighted by Gasteiger charge is 2.18. The number of aryl methyl sites for hydroxylation is 1. The second-order valence-corrected chi connectivity index (χ2v) is 5.15. The first-order chi connectivity index (χ1) is 9.24. The summed E-state index contributed by atoms with van der Waals surface area (Å²) in [6.45, 7) is 1.99. The smallest absolute Gasteiger partial charge is 0.249 e. The zero-order chi connectivity index (χ0) is 13.2. The van der Waals surface area contributed by atoms with E-state index in [1.54, 1.807) is 17.5 Å². The van der Waals surface area contributed by atoms with Crippen molar-refractivity contribution in [2.24, 2.45) is 5.73 Å². The molecule has 2 N–H and O–H groups in total. The number of nitrogens with two attached hydrogens (primary N) is 1. The van der Waals surface area contributed by atoms with Crippen LogP contribution < -0.4 is 5.73 Å². The molecule has 1 unspecified atom stereocenters. The molecule has 0 saturated carbocycles. The highest BCUT2D eigenvalue weighted by Crippen LogP contribution is 2.24. The molecule has 0 aliphatic rings. The zero-order valence-corrected chi connectivity index (χ0v) is 11.1. The average Bonchev–Trinajstić information content (AvgIpc) is 3.10. The number of nitrogens with zero attached hydrogens (tertiary/aromatic N) is 3. The monoisotopic (exact) mass is 272 g/mol. The fourth-order valence-corrected chi connectivity index (χ4v) is 2.43. The Kier molecular flexibility index (Phi) is 3.10. The Balaban J connectivity index is 1.91. The van der Waals surface area contributed by atoms with E-state index in [0.717, 1.165) is 10.4 Å². The topological polar surface area (TPSA) is 77.8 Å². The van der Waals surface area contributed by atoms with Crippen molar-refractivity contribution < 1.29 is 4.52 Å². The van der Waals surface area contributed by atoms with Gasteiger partial charge in [0, 0.05) is 11.1 Å². The van der Waals surface area contributed by atoms with Gasteiger partial charge in [-0.15, -0.1) is 11.3 Å². The van der Waals surface area contributed by atoms with Gasteiger partial charge in [0.25, 0.3) is 0 Å². The Morgan fingerprint density at radius 1 is 1.37 bits per heavy atom. The van der Waals surface area contributed by atoms with Crippen LogP contribution in [0.5, 0.6) is 0 Å². The van der Waals surface area contributed by atoms with Crippen LogP contribution in [-0.4, -0.2) is 15.1 Å².